The number of nitrogens with zero attached hydrogens (tertiary/aromatic N) is 2. The van der Waals surface area contributed by atoms with Gasteiger partial charge in [-0.1, -0.05) is 30.3 Å². The number of amides is 1. The Morgan fingerprint density at radius 2 is 1.97 bits per heavy atom. The average molecular weight is 522 g/mol. The second kappa shape index (κ2) is 10.2. The Balaban J connectivity index is 1.86. The zero-order chi connectivity index (χ0) is 20.8. The van der Waals surface area contributed by atoms with Gasteiger partial charge < -0.3 is 9.47 Å². The molecule has 2 aromatic carbocycles. The van der Waals surface area contributed by atoms with E-state index in [1.165, 1.54) is 11.8 Å². The van der Waals surface area contributed by atoms with Gasteiger partial charge in [0.05, 0.1) is 15.6 Å². The lowest BCUT2D eigenvalue weighted by Gasteiger charge is -2.14. The van der Waals surface area contributed by atoms with Gasteiger partial charge >= 0.3 is 0 Å². The number of carbonyl (C=O) groups is 1. The predicted octanol–water partition coefficient (Wildman–Crippen LogP) is 5.19. The standard InChI is InChI=1S/C22H23IN2O3S/c1-4-24-22-25(5-2)21(26)19(29-22)13-16-11-17(23)20(18(12-16)27-3)28-14-15-9-7-6-8-10-15/h6-13H,4-5,14H2,1-3H3/b19-13+,24-22?. The highest BCUT2D eigenvalue weighted by Crippen LogP contribution is 2.37. The van der Waals surface area contributed by atoms with Gasteiger partial charge in [-0.05, 0) is 77.5 Å². The summed E-state index contributed by atoms with van der Waals surface area (Å²) >= 11 is 3.65. The number of aliphatic imine (C=N–C) groups is 1. The normalized spacial score (nSPS) is 16.7. The van der Waals surface area contributed by atoms with Crippen molar-refractivity contribution in [3.8, 4) is 11.5 Å². The van der Waals surface area contributed by atoms with E-state index < -0.39 is 0 Å². The molecule has 3 rings (SSSR count). The number of halogens is 1. The fourth-order valence-corrected chi connectivity index (χ4v) is 4.77. The minimum absolute atomic E-state index is 0.0110. The molecular weight excluding hydrogens is 499 g/mol. The summed E-state index contributed by atoms with van der Waals surface area (Å²) in [6.45, 7) is 5.64. The van der Waals surface area contributed by atoms with E-state index in [0.717, 1.165) is 19.9 Å². The van der Waals surface area contributed by atoms with Gasteiger partial charge in [-0.15, -0.1) is 0 Å². The number of amidine groups is 1. The van der Waals surface area contributed by atoms with Crippen LogP contribution in [0.3, 0.4) is 0 Å². The molecule has 0 spiro atoms. The molecule has 0 saturated carbocycles. The predicted molar refractivity (Wildman–Crippen MR) is 127 cm³/mol. The summed E-state index contributed by atoms with van der Waals surface area (Å²) in [6.07, 6.45) is 1.89. The van der Waals surface area contributed by atoms with Crippen LogP contribution in [0.5, 0.6) is 11.5 Å². The van der Waals surface area contributed by atoms with Crippen molar-refractivity contribution in [3.63, 3.8) is 0 Å². The third-order valence-electron chi connectivity index (χ3n) is 4.27. The van der Waals surface area contributed by atoms with Crippen LogP contribution in [-0.2, 0) is 11.4 Å². The number of methoxy groups -OCH3 is 1. The summed E-state index contributed by atoms with van der Waals surface area (Å²) in [6, 6.07) is 13.9. The molecule has 1 aliphatic heterocycles. The Bertz CT molecular complexity index is 945. The first-order chi connectivity index (χ1) is 14.1. The van der Waals surface area contributed by atoms with Gasteiger partial charge in [-0.3, -0.25) is 14.7 Å². The zero-order valence-electron chi connectivity index (χ0n) is 16.6. The van der Waals surface area contributed by atoms with Crippen LogP contribution >= 0.6 is 34.4 Å². The lowest BCUT2D eigenvalue weighted by molar-refractivity contribution is -0.122. The molecule has 29 heavy (non-hydrogen) atoms. The van der Waals surface area contributed by atoms with Crippen molar-refractivity contribution < 1.29 is 14.3 Å². The van der Waals surface area contributed by atoms with E-state index in [1.807, 2.05) is 62.4 Å². The molecule has 0 unspecified atom stereocenters. The lowest BCUT2D eigenvalue weighted by atomic mass is 10.1. The molecule has 0 atom stereocenters. The van der Waals surface area contributed by atoms with E-state index in [9.17, 15) is 4.79 Å². The van der Waals surface area contributed by atoms with Crippen LogP contribution in [-0.4, -0.2) is 36.2 Å². The van der Waals surface area contributed by atoms with Crippen molar-refractivity contribution >= 4 is 51.5 Å². The second-order valence-electron chi connectivity index (χ2n) is 6.23. The zero-order valence-corrected chi connectivity index (χ0v) is 19.6. The van der Waals surface area contributed by atoms with E-state index in [0.29, 0.717) is 36.1 Å². The van der Waals surface area contributed by atoms with Gasteiger partial charge in [0.1, 0.15) is 6.61 Å². The van der Waals surface area contributed by atoms with Gasteiger partial charge in [-0.2, -0.15) is 0 Å². The van der Waals surface area contributed by atoms with Crippen molar-refractivity contribution in [3.05, 3.63) is 62.1 Å². The van der Waals surface area contributed by atoms with E-state index >= 15 is 0 Å². The Hall–Kier alpha value is -2.00. The average Bonchev–Trinajstić information content (AvgIpc) is 3.02. The van der Waals surface area contributed by atoms with Gasteiger partial charge in [0.25, 0.3) is 5.91 Å². The maximum absolute atomic E-state index is 12.7. The summed E-state index contributed by atoms with van der Waals surface area (Å²) in [5.41, 5.74) is 1.98. The number of thioether (sulfide) groups is 1. The van der Waals surface area contributed by atoms with Crippen LogP contribution in [0.1, 0.15) is 25.0 Å². The topological polar surface area (TPSA) is 51.1 Å². The van der Waals surface area contributed by atoms with Crippen LogP contribution in [0, 0.1) is 3.57 Å². The van der Waals surface area contributed by atoms with Crippen LogP contribution in [0.25, 0.3) is 6.08 Å². The first kappa shape index (κ1) is 21.7. The van der Waals surface area contributed by atoms with Crippen molar-refractivity contribution in [1.82, 2.24) is 4.90 Å². The molecule has 2 aromatic rings. The number of hydrogen-bond acceptors (Lipinski definition) is 5. The summed E-state index contributed by atoms with van der Waals surface area (Å²) in [7, 11) is 1.62. The molecule has 0 aliphatic carbocycles. The monoisotopic (exact) mass is 522 g/mol. The van der Waals surface area contributed by atoms with Crippen LogP contribution in [0.15, 0.2) is 52.4 Å². The summed E-state index contributed by atoms with van der Waals surface area (Å²) in [4.78, 5) is 19.5. The maximum atomic E-state index is 12.7. The fourth-order valence-electron chi connectivity index (χ4n) is 2.88. The van der Waals surface area contributed by atoms with E-state index in [1.54, 1.807) is 12.0 Å². The first-order valence-corrected chi connectivity index (χ1v) is 11.3. The minimum atomic E-state index is -0.0110. The molecule has 1 fully saturated rings. The van der Waals surface area contributed by atoms with Gasteiger partial charge in [-0.25, -0.2) is 0 Å². The first-order valence-electron chi connectivity index (χ1n) is 9.37. The fraction of sp³-hybridized carbons (Fsp3) is 0.273. The summed E-state index contributed by atoms with van der Waals surface area (Å²) in [5, 5.41) is 0.760. The lowest BCUT2D eigenvalue weighted by Crippen LogP contribution is -2.28. The highest BCUT2D eigenvalue weighted by atomic mass is 127. The smallest absolute Gasteiger partial charge is 0.266 e. The molecule has 7 heteroatoms. The Kier molecular flexibility index (Phi) is 7.60. The third kappa shape index (κ3) is 5.14. The van der Waals surface area contributed by atoms with Crippen molar-refractivity contribution in [1.29, 1.82) is 0 Å². The number of carbonyl (C=O) groups excluding carboxylic acids is 1. The SMILES string of the molecule is CCN=C1S/C(=C/c2cc(I)c(OCc3ccccc3)c(OC)c2)C(=O)N1CC. The highest BCUT2D eigenvalue weighted by molar-refractivity contribution is 14.1. The van der Waals surface area contributed by atoms with Crippen LogP contribution in [0.2, 0.25) is 0 Å². The molecule has 1 aliphatic rings. The van der Waals surface area contributed by atoms with E-state index in [2.05, 4.69) is 27.6 Å². The molecule has 1 heterocycles. The molecule has 0 radical (unpaired) electrons. The van der Waals surface area contributed by atoms with Crippen molar-refractivity contribution in [2.45, 2.75) is 20.5 Å². The number of ether oxygens (including phenoxy) is 2. The Morgan fingerprint density at radius 3 is 2.62 bits per heavy atom. The van der Waals surface area contributed by atoms with Crippen LogP contribution in [0.4, 0.5) is 0 Å². The number of hydrogen-bond donors (Lipinski definition) is 0. The maximum Gasteiger partial charge on any atom is 0.266 e. The van der Waals surface area contributed by atoms with Gasteiger partial charge in [0.2, 0.25) is 0 Å². The highest BCUT2D eigenvalue weighted by Gasteiger charge is 2.31. The summed E-state index contributed by atoms with van der Waals surface area (Å²) < 4.78 is 12.5. The molecule has 0 N–H and O–H groups in total. The Morgan fingerprint density at radius 1 is 1.21 bits per heavy atom. The number of benzene rings is 2. The van der Waals surface area contributed by atoms with E-state index in [-0.39, 0.29) is 5.91 Å². The van der Waals surface area contributed by atoms with Gasteiger partial charge in [0.15, 0.2) is 16.7 Å². The second-order valence-corrected chi connectivity index (χ2v) is 8.40. The molecule has 1 saturated heterocycles. The number of rotatable bonds is 7. The molecule has 152 valence electrons. The van der Waals surface area contributed by atoms with Crippen molar-refractivity contribution in [2.75, 3.05) is 20.2 Å². The third-order valence-corrected chi connectivity index (χ3v) is 6.12. The van der Waals surface area contributed by atoms with Crippen molar-refractivity contribution in [2.24, 2.45) is 4.99 Å². The molecule has 5 nitrogen and oxygen atoms in total. The molecule has 0 bridgehead atoms. The molecule has 1 amide bonds. The summed E-state index contributed by atoms with van der Waals surface area (Å²) in [5.74, 6) is 1.33. The molecule has 0 aromatic heterocycles. The van der Waals surface area contributed by atoms with Crippen LogP contribution < -0.4 is 9.47 Å². The largest absolute Gasteiger partial charge is 0.493 e. The molecular formula is C22H23IN2O3S. The minimum Gasteiger partial charge on any atom is -0.493 e. The quantitative estimate of drug-likeness (QED) is 0.371. The Labute approximate surface area is 189 Å². The number of likely N-dealkylation sites (N-methyl/N-ethyl adjacent to an activating group) is 1. The van der Waals surface area contributed by atoms with E-state index in [4.69, 9.17) is 9.47 Å². The van der Waals surface area contributed by atoms with Gasteiger partial charge in [0, 0.05) is 13.1 Å².